The minimum atomic E-state index is -3.66. The summed E-state index contributed by atoms with van der Waals surface area (Å²) in [6, 6.07) is 12.6. The van der Waals surface area contributed by atoms with Gasteiger partial charge < -0.3 is 4.90 Å². The summed E-state index contributed by atoms with van der Waals surface area (Å²) in [7, 11) is -3.66. The van der Waals surface area contributed by atoms with Crippen molar-refractivity contribution in [3.63, 3.8) is 0 Å². The fraction of sp³-hybridized carbons (Fsp3) is 0.250. The Kier molecular flexibility index (Phi) is 6.72. The normalized spacial score (nSPS) is 15.5. The Labute approximate surface area is 198 Å². The quantitative estimate of drug-likeness (QED) is 0.435. The van der Waals surface area contributed by atoms with E-state index in [4.69, 9.17) is 28.2 Å². The van der Waals surface area contributed by atoms with Gasteiger partial charge in [0.05, 0.1) is 10.7 Å². The van der Waals surface area contributed by atoms with E-state index in [2.05, 4.69) is 38.3 Å². The van der Waals surface area contributed by atoms with Crippen LogP contribution in [0.3, 0.4) is 0 Å². The van der Waals surface area contributed by atoms with Crippen molar-refractivity contribution in [2.24, 2.45) is 0 Å². The second-order valence-electron chi connectivity index (χ2n) is 6.89. The summed E-state index contributed by atoms with van der Waals surface area (Å²) in [4.78, 5) is 6.97. The molecular formula is C20H18BrCl2N3O2S2. The molecule has 0 N–H and O–H groups in total. The van der Waals surface area contributed by atoms with Gasteiger partial charge in [0.2, 0.25) is 10.0 Å². The third-order valence-electron chi connectivity index (χ3n) is 4.83. The number of benzene rings is 2. The van der Waals surface area contributed by atoms with Gasteiger partial charge in [0, 0.05) is 47.5 Å². The molecule has 0 aliphatic carbocycles. The standard InChI is InChI=1S/C20H18BrCl2N3O2S2/c21-15-3-1-2-14(10-15)11-17-13-29-20(24-17)25-6-8-26(9-7-25)30(27,28)19-5-4-16(22)12-18(19)23/h1-5,10,12-13H,6-9,11H2. The molecule has 30 heavy (non-hydrogen) atoms. The molecule has 10 heteroatoms. The Balaban J connectivity index is 1.42. The molecule has 2 aromatic carbocycles. The van der Waals surface area contributed by atoms with Crippen LogP contribution in [-0.4, -0.2) is 43.9 Å². The van der Waals surface area contributed by atoms with Crippen molar-refractivity contribution >= 4 is 65.6 Å². The van der Waals surface area contributed by atoms with E-state index in [1.54, 1.807) is 17.4 Å². The van der Waals surface area contributed by atoms with Gasteiger partial charge in [0.1, 0.15) is 4.90 Å². The molecule has 3 aromatic rings. The zero-order chi connectivity index (χ0) is 21.3. The van der Waals surface area contributed by atoms with Crippen molar-refractivity contribution in [1.82, 2.24) is 9.29 Å². The number of anilines is 1. The van der Waals surface area contributed by atoms with E-state index in [0.29, 0.717) is 31.2 Å². The molecule has 1 fully saturated rings. The van der Waals surface area contributed by atoms with Crippen molar-refractivity contribution in [3.8, 4) is 0 Å². The molecule has 0 amide bonds. The average Bonchev–Trinajstić information content (AvgIpc) is 3.16. The van der Waals surface area contributed by atoms with Crippen LogP contribution >= 0.6 is 50.5 Å². The number of nitrogens with zero attached hydrogens (tertiary/aromatic N) is 3. The second-order valence-corrected chi connectivity index (χ2v) is 11.4. The van der Waals surface area contributed by atoms with Gasteiger partial charge in [-0.25, -0.2) is 13.4 Å². The lowest BCUT2D eigenvalue weighted by molar-refractivity contribution is 0.384. The zero-order valence-electron chi connectivity index (χ0n) is 15.8. The molecule has 1 aromatic heterocycles. The fourth-order valence-corrected chi connectivity index (χ4v) is 6.82. The van der Waals surface area contributed by atoms with Crippen LogP contribution in [0.25, 0.3) is 0 Å². The number of rotatable bonds is 5. The molecule has 5 nitrogen and oxygen atoms in total. The first kappa shape index (κ1) is 22.0. The van der Waals surface area contributed by atoms with Gasteiger partial charge in [-0.05, 0) is 35.9 Å². The number of hydrogen-bond acceptors (Lipinski definition) is 5. The van der Waals surface area contributed by atoms with Crippen LogP contribution in [-0.2, 0) is 16.4 Å². The number of aromatic nitrogens is 1. The van der Waals surface area contributed by atoms with E-state index in [1.165, 1.54) is 22.0 Å². The van der Waals surface area contributed by atoms with Crippen molar-refractivity contribution in [2.75, 3.05) is 31.1 Å². The zero-order valence-corrected chi connectivity index (χ0v) is 20.5. The molecule has 1 aliphatic rings. The SMILES string of the molecule is O=S(=O)(c1ccc(Cl)cc1Cl)N1CCN(c2nc(Cc3cccc(Br)c3)cs2)CC1. The molecule has 0 saturated carbocycles. The lowest BCUT2D eigenvalue weighted by Gasteiger charge is -2.33. The minimum absolute atomic E-state index is 0.0903. The first-order chi connectivity index (χ1) is 14.3. The number of piperazine rings is 1. The largest absolute Gasteiger partial charge is 0.345 e. The lowest BCUT2D eigenvalue weighted by atomic mass is 10.1. The molecule has 1 aliphatic heterocycles. The molecule has 4 rings (SSSR count). The maximum absolute atomic E-state index is 13.0. The van der Waals surface area contributed by atoms with Gasteiger partial charge in [-0.3, -0.25) is 0 Å². The number of sulfonamides is 1. The Morgan fingerprint density at radius 2 is 1.83 bits per heavy atom. The molecule has 158 valence electrons. The van der Waals surface area contributed by atoms with Crippen LogP contribution in [0.15, 0.2) is 57.2 Å². The Hall–Kier alpha value is -1.16. The summed E-state index contributed by atoms with van der Waals surface area (Å²) in [5, 5.41) is 3.53. The summed E-state index contributed by atoms with van der Waals surface area (Å²) < 4.78 is 28.4. The minimum Gasteiger partial charge on any atom is -0.345 e. The van der Waals surface area contributed by atoms with Gasteiger partial charge in [0.15, 0.2) is 5.13 Å². The summed E-state index contributed by atoms with van der Waals surface area (Å²) in [5.74, 6) is 0. The predicted octanol–water partition coefficient (Wildman–Crippen LogP) is 5.31. The Morgan fingerprint density at radius 3 is 2.53 bits per heavy atom. The van der Waals surface area contributed by atoms with Crippen molar-refractivity contribution in [3.05, 3.63) is 73.6 Å². The number of halogens is 3. The maximum Gasteiger partial charge on any atom is 0.244 e. The van der Waals surface area contributed by atoms with E-state index >= 15 is 0 Å². The summed E-state index contributed by atoms with van der Waals surface area (Å²) in [5.41, 5.74) is 2.20. The first-order valence-electron chi connectivity index (χ1n) is 9.22. The molecular weight excluding hydrogens is 529 g/mol. The van der Waals surface area contributed by atoms with E-state index in [9.17, 15) is 8.42 Å². The molecule has 2 heterocycles. The molecule has 1 saturated heterocycles. The van der Waals surface area contributed by atoms with Crippen molar-refractivity contribution in [1.29, 1.82) is 0 Å². The van der Waals surface area contributed by atoms with Crippen LogP contribution in [0.4, 0.5) is 5.13 Å². The molecule has 0 spiro atoms. The molecule has 0 bridgehead atoms. The van der Waals surface area contributed by atoms with Crippen LogP contribution in [0, 0.1) is 0 Å². The first-order valence-corrected chi connectivity index (χ1v) is 13.1. The smallest absolute Gasteiger partial charge is 0.244 e. The van der Waals surface area contributed by atoms with Crippen LogP contribution < -0.4 is 4.90 Å². The topological polar surface area (TPSA) is 53.5 Å². The van der Waals surface area contributed by atoms with Crippen LogP contribution in [0.2, 0.25) is 10.0 Å². The highest BCUT2D eigenvalue weighted by atomic mass is 79.9. The third kappa shape index (κ3) is 4.84. The molecule has 0 atom stereocenters. The van der Waals surface area contributed by atoms with Crippen LogP contribution in [0.1, 0.15) is 11.3 Å². The fourth-order valence-electron chi connectivity index (χ4n) is 3.32. The third-order valence-corrected chi connectivity index (χ3v) is 8.89. The lowest BCUT2D eigenvalue weighted by Crippen LogP contribution is -2.48. The predicted molar refractivity (Wildman–Crippen MR) is 126 cm³/mol. The van der Waals surface area contributed by atoms with Gasteiger partial charge in [-0.1, -0.05) is 51.3 Å². The van der Waals surface area contributed by atoms with Crippen molar-refractivity contribution in [2.45, 2.75) is 11.3 Å². The number of hydrogen-bond donors (Lipinski definition) is 0. The Morgan fingerprint density at radius 1 is 1.07 bits per heavy atom. The molecule has 0 unspecified atom stereocenters. The van der Waals surface area contributed by atoms with Gasteiger partial charge in [-0.15, -0.1) is 11.3 Å². The second kappa shape index (κ2) is 9.14. The average molecular weight is 547 g/mol. The number of thiazole rings is 1. The van der Waals surface area contributed by atoms with Gasteiger partial charge >= 0.3 is 0 Å². The van der Waals surface area contributed by atoms with Crippen LogP contribution in [0.5, 0.6) is 0 Å². The van der Waals surface area contributed by atoms with E-state index in [0.717, 1.165) is 21.7 Å². The summed E-state index contributed by atoms with van der Waals surface area (Å²) in [6.45, 7) is 1.91. The van der Waals surface area contributed by atoms with E-state index < -0.39 is 10.0 Å². The Bertz CT molecular complexity index is 1160. The highest BCUT2D eigenvalue weighted by molar-refractivity contribution is 9.10. The van der Waals surface area contributed by atoms with E-state index in [1.807, 2.05) is 12.1 Å². The van der Waals surface area contributed by atoms with Crippen molar-refractivity contribution < 1.29 is 8.42 Å². The monoisotopic (exact) mass is 545 g/mol. The summed E-state index contributed by atoms with van der Waals surface area (Å²) >= 11 is 17.1. The van der Waals surface area contributed by atoms with E-state index in [-0.39, 0.29) is 9.92 Å². The highest BCUT2D eigenvalue weighted by Crippen LogP contribution is 2.29. The maximum atomic E-state index is 13.0. The highest BCUT2D eigenvalue weighted by Gasteiger charge is 2.30. The summed E-state index contributed by atoms with van der Waals surface area (Å²) in [6.07, 6.45) is 0.763. The molecule has 0 radical (unpaired) electrons. The van der Waals surface area contributed by atoms with Gasteiger partial charge in [-0.2, -0.15) is 4.31 Å². The van der Waals surface area contributed by atoms with Gasteiger partial charge in [0.25, 0.3) is 0 Å².